The van der Waals surface area contributed by atoms with Crippen molar-refractivity contribution in [1.82, 2.24) is 10.2 Å². The van der Waals surface area contributed by atoms with Gasteiger partial charge in [0.15, 0.2) is 0 Å². The maximum Gasteiger partial charge on any atom is 0.261 e. The number of rotatable bonds is 5. The number of hydrogen-bond acceptors (Lipinski definition) is 5. The molecule has 0 aliphatic carbocycles. The summed E-state index contributed by atoms with van der Waals surface area (Å²) in [5, 5.41) is 7.19. The van der Waals surface area contributed by atoms with E-state index in [-0.39, 0.29) is 18.0 Å². The first-order chi connectivity index (χ1) is 10.8. The van der Waals surface area contributed by atoms with Gasteiger partial charge in [0.25, 0.3) is 5.91 Å². The Bertz CT molecular complexity index is 577. The third kappa shape index (κ3) is 3.57. The molecule has 2 atom stereocenters. The monoisotopic (exact) mass is 336 g/mol. The van der Waals surface area contributed by atoms with Crippen LogP contribution in [0.3, 0.4) is 0 Å². The second-order valence-electron chi connectivity index (χ2n) is 5.35. The molecule has 0 spiro atoms. The number of thiophene rings is 2. The lowest BCUT2D eigenvalue weighted by atomic mass is 10.1. The van der Waals surface area contributed by atoms with Gasteiger partial charge in [-0.05, 0) is 29.8 Å². The number of nitrogens with zero attached hydrogens (tertiary/aromatic N) is 1. The molecule has 1 amide bonds. The van der Waals surface area contributed by atoms with E-state index in [1.807, 2.05) is 17.5 Å². The molecule has 3 rings (SSSR count). The Morgan fingerprint density at radius 3 is 2.59 bits per heavy atom. The number of nitrogens with one attached hydrogen (secondary N) is 1. The number of amides is 1. The fourth-order valence-corrected chi connectivity index (χ4v) is 4.41. The summed E-state index contributed by atoms with van der Waals surface area (Å²) in [4.78, 5) is 16.8. The first kappa shape index (κ1) is 15.7. The maximum atomic E-state index is 12.3. The number of hydrogen-bond donors (Lipinski definition) is 1. The highest BCUT2D eigenvalue weighted by Gasteiger charge is 2.29. The standard InChI is InChI=1S/C16H20N2O2S2/c1-12(17-16(19)14-5-3-11-22-14)15(13-4-2-10-21-13)18-6-8-20-9-7-18/h2-5,10-12,15H,6-9H2,1H3,(H,17,19)/t12-,15-/m1/s1. The van der Waals surface area contributed by atoms with Gasteiger partial charge in [-0.1, -0.05) is 12.1 Å². The smallest absolute Gasteiger partial charge is 0.261 e. The Hall–Kier alpha value is -1.21. The zero-order chi connectivity index (χ0) is 15.4. The summed E-state index contributed by atoms with van der Waals surface area (Å²) in [6, 6.07) is 8.24. The second-order valence-corrected chi connectivity index (χ2v) is 7.28. The molecule has 0 unspecified atom stereocenters. The van der Waals surface area contributed by atoms with E-state index in [0.717, 1.165) is 31.2 Å². The summed E-state index contributed by atoms with van der Waals surface area (Å²) >= 11 is 3.22. The van der Waals surface area contributed by atoms with Gasteiger partial charge in [-0.15, -0.1) is 22.7 Å². The van der Waals surface area contributed by atoms with Crippen molar-refractivity contribution in [2.75, 3.05) is 26.3 Å². The van der Waals surface area contributed by atoms with Crippen LogP contribution in [0.15, 0.2) is 35.0 Å². The second kappa shape index (κ2) is 7.37. The molecule has 0 saturated carbocycles. The van der Waals surface area contributed by atoms with E-state index in [2.05, 4.69) is 34.7 Å². The molecule has 118 valence electrons. The highest BCUT2D eigenvalue weighted by molar-refractivity contribution is 7.12. The summed E-state index contributed by atoms with van der Waals surface area (Å²) in [5.74, 6) is 0.0114. The van der Waals surface area contributed by atoms with Gasteiger partial charge >= 0.3 is 0 Å². The topological polar surface area (TPSA) is 41.6 Å². The Labute approximate surface area is 138 Å². The van der Waals surface area contributed by atoms with Gasteiger partial charge in [0.1, 0.15) is 0 Å². The fraction of sp³-hybridized carbons (Fsp3) is 0.438. The largest absolute Gasteiger partial charge is 0.379 e. The molecule has 2 aromatic heterocycles. The molecule has 1 aliphatic rings. The number of carbonyl (C=O) groups excluding carboxylic acids is 1. The van der Waals surface area contributed by atoms with Crippen LogP contribution in [0.25, 0.3) is 0 Å². The van der Waals surface area contributed by atoms with Gasteiger partial charge < -0.3 is 10.1 Å². The lowest BCUT2D eigenvalue weighted by Crippen LogP contribution is -2.48. The Morgan fingerprint density at radius 1 is 1.23 bits per heavy atom. The van der Waals surface area contributed by atoms with E-state index in [1.165, 1.54) is 16.2 Å². The molecule has 6 heteroatoms. The SMILES string of the molecule is C[C@@H](NC(=O)c1cccs1)[C@H](c1cccs1)N1CCOCC1. The van der Waals surface area contributed by atoms with Gasteiger partial charge in [-0.2, -0.15) is 0 Å². The maximum absolute atomic E-state index is 12.3. The summed E-state index contributed by atoms with van der Waals surface area (Å²) in [6.45, 7) is 5.41. The zero-order valence-electron chi connectivity index (χ0n) is 12.5. The highest BCUT2D eigenvalue weighted by Crippen LogP contribution is 2.29. The molecule has 2 aromatic rings. The van der Waals surface area contributed by atoms with Crippen LogP contribution in [0.4, 0.5) is 0 Å². The highest BCUT2D eigenvalue weighted by atomic mass is 32.1. The Morgan fingerprint density at radius 2 is 1.95 bits per heavy atom. The van der Waals surface area contributed by atoms with Crippen LogP contribution in [0, 0.1) is 0 Å². The molecule has 1 fully saturated rings. The van der Waals surface area contributed by atoms with Crippen molar-refractivity contribution < 1.29 is 9.53 Å². The summed E-state index contributed by atoms with van der Waals surface area (Å²) < 4.78 is 5.46. The minimum absolute atomic E-state index is 0.0114. The van der Waals surface area contributed by atoms with E-state index < -0.39 is 0 Å². The number of ether oxygens (including phenoxy) is 1. The molecule has 0 radical (unpaired) electrons. The quantitative estimate of drug-likeness (QED) is 0.913. The average molecular weight is 336 g/mol. The van der Waals surface area contributed by atoms with Gasteiger partial charge in [-0.3, -0.25) is 9.69 Å². The van der Waals surface area contributed by atoms with E-state index >= 15 is 0 Å². The third-order valence-electron chi connectivity index (χ3n) is 3.85. The van der Waals surface area contributed by atoms with Crippen LogP contribution >= 0.6 is 22.7 Å². The molecule has 1 saturated heterocycles. The zero-order valence-corrected chi connectivity index (χ0v) is 14.2. The van der Waals surface area contributed by atoms with Crippen molar-refractivity contribution >= 4 is 28.6 Å². The van der Waals surface area contributed by atoms with E-state index in [1.54, 1.807) is 11.3 Å². The lowest BCUT2D eigenvalue weighted by molar-refractivity contribution is 0.00971. The van der Waals surface area contributed by atoms with Crippen LogP contribution in [0.2, 0.25) is 0 Å². The summed E-state index contributed by atoms with van der Waals surface area (Å²) in [6.07, 6.45) is 0. The van der Waals surface area contributed by atoms with Crippen molar-refractivity contribution in [2.45, 2.75) is 19.0 Å². The molecule has 1 aliphatic heterocycles. The molecular weight excluding hydrogens is 316 g/mol. The van der Waals surface area contributed by atoms with Crippen molar-refractivity contribution in [3.05, 3.63) is 44.8 Å². The van der Waals surface area contributed by atoms with Crippen LogP contribution < -0.4 is 5.32 Å². The Kier molecular flexibility index (Phi) is 5.25. The van der Waals surface area contributed by atoms with Crippen molar-refractivity contribution in [3.63, 3.8) is 0 Å². The normalized spacial score (nSPS) is 18.8. The van der Waals surface area contributed by atoms with Gasteiger partial charge in [-0.25, -0.2) is 0 Å². The van der Waals surface area contributed by atoms with E-state index in [0.29, 0.717) is 0 Å². The van der Waals surface area contributed by atoms with Gasteiger partial charge in [0, 0.05) is 24.0 Å². The van der Waals surface area contributed by atoms with E-state index in [9.17, 15) is 4.79 Å². The predicted molar refractivity (Wildman–Crippen MR) is 90.7 cm³/mol. The van der Waals surface area contributed by atoms with Crippen LogP contribution in [-0.2, 0) is 4.74 Å². The molecule has 22 heavy (non-hydrogen) atoms. The molecule has 1 N–H and O–H groups in total. The van der Waals surface area contributed by atoms with Crippen LogP contribution in [0.1, 0.15) is 27.5 Å². The first-order valence-electron chi connectivity index (χ1n) is 7.45. The average Bonchev–Trinajstić information content (AvgIpc) is 3.22. The minimum Gasteiger partial charge on any atom is -0.379 e. The van der Waals surface area contributed by atoms with Crippen molar-refractivity contribution in [2.24, 2.45) is 0 Å². The predicted octanol–water partition coefficient (Wildman–Crippen LogP) is 3.00. The van der Waals surface area contributed by atoms with E-state index in [4.69, 9.17) is 4.74 Å². The van der Waals surface area contributed by atoms with Crippen LogP contribution in [-0.4, -0.2) is 43.2 Å². The first-order valence-corrected chi connectivity index (χ1v) is 9.21. The Balaban J connectivity index is 1.74. The fourth-order valence-electron chi connectivity index (χ4n) is 2.82. The molecular formula is C16H20N2O2S2. The lowest BCUT2D eigenvalue weighted by Gasteiger charge is -2.37. The summed E-state index contributed by atoms with van der Waals surface area (Å²) in [7, 11) is 0. The third-order valence-corrected chi connectivity index (χ3v) is 5.66. The molecule has 3 heterocycles. The molecule has 0 bridgehead atoms. The number of morpholine rings is 1. The van der Waals surface area contributed by atoms with Crippen molar-refractivity contribution in [3.8, 4) is 0 Å². The van der Waals surface area contributed by atoms with Gasteiger partial charge in [0.2, 0.25) is 0 Å². The van der Waals surface area contributed by atoms with Crippen molar-refractivity contribution in [1.29, 1.82) is 0 Å². The molecule has 0 aromatic carbocycles. The number of carbonyl (C=O) groups is 1. The van der Waals surface area contributed by atoms with Gasteiger partial charge in [0.05, 0.1) is 24.1 Å². The minimum atomic E-state index is 0.0114. The van der Waals surface area contributed by atoms with Crippen LogP contribution in [0.5, 0.6) is 0 Å². The summed E-state index contributed by atoms with van der Waals surface area (Å²) in [5.41, 5.74) is 0. The molecule has 4 nitrogen and oxygen atoms in total.